The molecule has 0 bridgehead atoms. The maximum atomic E-state index is 12.7. The molecule has 0 N–H and O–H groups in total. The normalized spacial score (nSPS) is 18.1. The van der Waals surface area contributed by atoms with Gasteiger partial charge in [-0.05, 0) is 35.6 Å². The molecule has 1 fully saturated rings. The lowest BCUT2D eigenvalue weighted by Crippen LogP contribution is -2.53. The maximum Gasteiger partial charge on any atom is 0.241 e. The van der Waals surface area contributed by atoms with Gasteiger partial charge in [-0.15, -0.1) is 11.3 Å². The van der Waals surface area contributed by atoms with Crippen LogP contribution < -0.4 is 9.80 Å². The highest BCUT2D eigenvalue weighted by atomic mass is 32.1. The van der Waals surface area contributed by atoms with E-state index in [1.54, 1.807) is 11.3 Å². The summed E-state index contributed by atoms with van der Waals surface area (Å²) >= 11 is 1.57. The molecule has 2 aliphatic heterocycles. The van der Waals surface area contributed by atoms with Gasteiger partial charge < -0.3 is 9.80 Å². The van der Waals surface area contributed by atoms with Crippen LogP contribution in [0.15, 0.2) is 41.8 Å². The van der Waals surface area contributed by atoms with Crippen LogP contribution in [-0.4, -0.2) is 49.4 Å². The molecule has 4 rings (SSSR count). The molecule has 124 valence electrons. The first kappa shape index (κ1) is 15.4. The first-order chi connectivity index (χ1) is 11.7. The van der Waals surface area contributed by atoms with Gasteiger partial charge in [-0.3, -0.25) is 14.5 Å². The minimum absolute atomic E-state index is 0.0679. The van der Waals surface area contributed by atoms with E-state index in [1.807, 2.05) is 50.4 Å². The van der Waals surface area contributed by atoms with Gasteiger partial charge in [-0.25, -0.2) is 0 Å². The lowest BCUT2D eigenvalue weighted by atomic mass is 10.2. The van der Waals surface area contributed by atoms with Gasteiger partial charge in [0, 0.05) is 25.3 Å². The van der Waals surface area contributed by atoms with Gasteiger partial charge in [0.1, 0.15) is 0 Å². The van der Waals surface area contributed by atoms with Crippen molar-refractivity contribution in [3.05, 3.63) is 47.3 Å². The zero-order chi connectivity index (χ0) is 16.5. The Bertz CT molecular complexity index is 759. The van der Waals surface area contributed by atoms with Crippen molar-refractivity contribution in [3.63, 3.8) is 0 Å². The highest BCUT2D eigenvalue weighted by Crippen LogP contribution is 2.28. The van der Waals surface area contributed by atoms with Crippen molar-refractivity contribution < 1.29 is 9.59 Å². The zero-order valence-corrected chi connectivity index (χ0v) is 14.2. The number of hydrogen-bond donors (Lipinski definition) is 0. The molecule has 24 heavy (non-hydrogen) atoms. The quantitative estimate of drug-likeness (QED) is 0.857. The van der Waals surface area contributed by atoms with Crippen LogP contribution in [0.3, 0.4) is 0 Å². The Labute approximate surface area is 145 Å². The number of piperazine rings is 1. The van der Waals surface area contributed by atoms with Crippen LogP contribution in [-0.2, 0) is 16.0 Å². The number of para-hydroxylation sites is 1. The third kappa shape index (κ3) is 2.83. The van der Waals surface area contributed by atoms with E-state index in [2.05, 4.69) is 6.07 Å². The van der Waals surface area contributed by atoms with Crippen LogP contribution in [0.5, 0.6) is 0 Å². The second-order valence-corrected chi connectivity index (χ2v) is 7.06. The standard InChI is InChI=1S/C18H19N3O2S/c22-16(20-8-7-14-4-1-2-5-15(14)20)12-19-9-10-21(17(23)13-19)18-6-3-11-24-18/h1-6,11H,7-10,12-13H2. The summed E-state index contributed by atoms with van der Waals surface area (Å²) in [7, 11) is 0. The van der Waals surface area contributed by atoms with Crippen molar-refractivity contribution in [1.29, 1.82) is 0 Å². The molecule has 0 atom stereocenters. The molecule has 5 nitrogen and oxygen atoms in total. The number of amides is 2. The number of carbonyl (C=O) groups excluding carboxylic acids is 2. The van der Waals surface area contributed by atoms with E-state index in [0.29, 0.717) is 19.6 Å². The van der Waals surface area contributed by atoms with E-state index in [0.717, 1.165) is 30.2 Å². The minimum Gasteiger partial charge on any atom is -0.311 e. The number of fused-ring (bicyclic) bond motifs is 1. The van der Waals surface area contributed by atoms with Crippen LogP contribution in [0.25, 0.3) is 0 Å². The number of thiophene rings is 1. The Kier molecular flexibility index (Phi) is 4.08. The third-order valence-electron chi connectivity index (χ3n) is 4.62. The van der Waals surface area contributed by atoms with Gasteiger partial charge >= 0.3 is 0 Å². The topological polar surface area (TPSA) is 43.9 Å². The monoisotopic (exact) mass is 341 g/mol. The molecule has 2 aromatic rings. The van der Waals surface area contributed by atoms with Gasteiger partial charge in [-0.2, -0.15) is 0 Å². The predicted molar refractivity (Wildman–Crippen MR) is 95.6 cm³/mol. The summed E-state index contributed by atoms with van der Waals surface area (Å²) in [6.45, 7) is 2.72. The summed E-state index contributed by atoms with van der Waals surface area (Å²) in [5, 5.41) is 2.96. The van der Waals surface area contributed by atoms with Crippen molar-refractivity contribution >= 4 is 33.8 Å². The van der Waals surface area contributed by atoms with Crippen LogP contribution in [0, 0.1) is 0 Å². The molecular weight excluding hydrogens is 322 g/mol. The van der Waals surface area contributed by atoms with Crippen molar-refractivity contribution in [2.75, 3.05) is 42.5 Å². The van der Waals surface area contributed by atoms with E-state index >= 15 is 0 Å². The number of hydrogen-bond acceptors (Lipinski definition) is 4. The van der Waals surface area contributed by atoms with E-state index < -0.39 is 0 Å². The Morgan fingerprint density at radius 3 is 2.75 bits per heavy atom. The van der Waals surface area contributed by atoms with E-state index in [9.17, 15) is 9.59 Å². The van der Waals surface area contributed by atoms with Gasteiger partial charge in [-0.1, -0.05) is 18.2 Å². The maximum absolute atomic E-state index is 12.7. The summed E-state index contributed by atoms with van der Waals surface area (Å²) in [4.78, 5) is 30.6. The molecule has 0 radical (unpaired) electrons. The molecule has 2 amide bonds. The smallest absolute Gasteiger partial charge is 0.241 e. The summed E-state index contributed by atoms with van der Waals surface area (Å²) in [6.07, 6.45) is 0.910. The summed E-state index contributed by atoms with van der Waals surface area (Å²) < 4.78 is 0. The Morgan fingerprint density at radius 2 is 1.96 bits per heavy atom. The van der Waals surface area contributed by atoms with E-state index in [1.165, 1.54) is 5.56 Å². The first-order valence-corrected chi connectivity index (χ1v) is 9.05. The Hall–Kier alpha value is -2.18. The fourth-order valence-corrected chi connectivity index (χ4v) is 4.16. The molecular formula is C18H19N3O2S. The number of benzene rings is 1. The molecule has 0 aliphatic carbocycles. The Balaban J connectivity index is 1.39. The van der Waals surface area contributed by atoms with Gasteiger partial charge in [0.2, 0.25) is 11.8 Å². The molecule has 0 spiro atoms. The number of nitrogens with zero attached hydrogens (tertiary/aromatic N) is 3. The SMILES string of the molecule is O=C1CN(CC(=O)N2CCc3ccccc32)CCN1c1cccs1. The number of rotatable bonds is 3. The molecule has 1 aromatic heterocycles. The lowest BCUT2D eigenvalue weighted by Gasteiger charge is -2.33. The molecule has 3 heterocycles. The second kappa shape index (κ2) is 6.37. The molecule has 0 unspecified atom stereocenters. The molecule has 6 heteroatoms. The number of carbonyl (C=O) groups is 2. The molecule has 1 aromatic carbocycles. The zero-order valence-electron chi connectivity index (χ0n) is 13.4. The molecule has 2 aliphatic rings. The minimum atomic E-state index is 0.0679. The van der Waals surface area contributed by atoms with Crippen LogP contribution >= 0.6 is 11.3 Å². The van der Waals surface area contributed by atoms with E-state index in [4.69, 9.17) is 0 Å². The average Bonchev–Trinajstić information content (AvgIpc) is 3.24. The highest BCUT2D eigenvalue weighted by Gasteiger charge is 2.30. The summed E-state index contributed by atoms with van der Waals surface area (Å²) in [5.41, 5.74) is 2.25. The van der Waals surface area contributed by atoms with Crippen LogP contribution in [0.4, 0.5) is 10.7 Å². The van der Waals surface area contributed by atoms with Crippen molar-refractivity contribution in [3.8, 4) is 0 Å². The second-order valence-electron chi connectivity index (χ2n) is 6.13. The first-order valence-electron chi connectivity index (χ1n) is 8.17. The Morgan fingerprint density at radius 1 is 1.08 bits per heavy atom. The van der Waals surface area contributed by atoms with Crippen molar-refractivity contribution in [2.24, 2.45) is 0 Å². The summed E-state index contributed by atoms with van der Waals surface area (Å²) in [5.74, 6) is 0.149. The van der Waals surface area contributed by atoms with Crippen LogP contribution in [0.2, 0.25) is 0 Å². The van der Waals surface area contributed by atoms with Crippen molar-refractivity contribution in [2.45, 2.75) is 6.42 Å². The van der Waals surface area contributed by atoms with Gasteiger partial charge in [0.05, 0.1) is 18.1 Å². The number of anilines is 2. The fourth-order valence-electron chi connectivity index (χ4n) is 3.39. The van der Waals surface area contributed by atoms with E-state index in [-0.39, 0.29) is 11.8 Å². The average molecular weight is 341 g/mol. The van der Waals surface area contributed by atoms with Gasteiger partial charge in [0.25, 0.3) is 0 Å². The lowest BCUT2D eigenvalue weighted by molar-refractivity contribution is -0.123. The largest absolute Gasteiger partial charge is 0.311 e. The highest BCUT2D eigenvalue weighted by molar-refractivity contribution is 7.14. The predicted octanol–water partition coefficient (Wildman–Crippen LogP) is 1.99. The van der Waals surface area contributed by atoms with Crippen molar-refractivity contribution in [1.82, 2.24) is 4.90 Å². The molecule has 0 saturated carbocycles. The fraction of sp³-hybridized carbons (Fsp3) is 0.333. The van der Waals surface area contributed by atoms with Crippen LogP contribution in [0.1, 0.15) is 5.56 Å². The van der Waals surface area contributed by atoms with Gasteiger partial charge in [0.15, 0.2) is 0 Å². The third-order valence-corrected chi connectivity index (χ3v) is 5.51. The summed E-state index contributed by atoms with van der Waals surface area (Å²) in [6, 6.07) is 12.0. The molecule has 1 saturated heterocycles.